The summed E-state index contributed by atoms with van der Waals surface area (Å²) in [4.78, 5) is 20.5. The summed E-state index contributed by atoms with van der Waals surface area (Å²) in [5, 5.41) is 6.28. The van der Waals surface area contributed by atoms with E-state index in [-0.39, 0.29) is 10.8 Å². The molecule has 4 aromatic rings. The lowest BCUT2D eigenvalue weighted by molar-refractivity contribution is 0.0322. The molecule has 1 amide bonds. The third-order valence-electron chi connectivity index (χ3n) is 6.85. The van der Waals surface area contributed by atoms with Crippen molar-refractivity contribution in [3.8, 4) is 5.75 Å². The van der Waals surface area contributed by atoms with E-state index in [0.29, 0.717) is 46.4 Å². The van der Waals surface area contributed by atoms with Crippen LogP contribution in [-0.2, 0) is 14.8 Å². The number of thiophene rings is 1. The summed E-state index contributed by atoms with van der Waals surface area (Å²) in [6.45, 7) is 5.52. The Bertz CT molecular complexity index is 1570. The van der Waals surface area contributed by atoms with Crippen LogP contribution in [-0.4, -0.2) is 81.1 Å². The maximum absolute atomic E-state index is 13.4. The molecule has 2 saturated heterocycles. The Hall–Kier alpha value is -2.61. The number of sulfonamides is 1. The van der Waals surface area contributed by atoms with Gasteiger partial charge in [-0.1, -0.05) is 11.3 Å². The summed E-state index contributed by atoms with van der Waals surface area (Å²) in [6.07, 6.45) is 1.77. The number of rotatable bonds is 8. The lowest BCUT2D eigenvalue weighted by atomic mass is 10.1. The summed E-state index contributed by atoms with van der Waals surface area (Å²) in [5.41, 5.74) is 1.08. The monoisotopic (exact) mass is 572 g/mol. The average Bonchev–Trinajstić information content (AvgIpc) is 3.69. The molecule has 0 bridgehead atoms. The fraction of sp³-hybridized carbons (Fsp3) is 0.385. The molecule has 1 N–H and O–H groups in total. The zero-order valence-corrected chi connectivity index (χ0v) is 23.2. The van der Waals surface area contributed by atoms with Crippen LogP contribution in [0.5, 0.6) is 5.75 Å². The molecule has 2 aliphatic rings. The van der Waals surface area contributed by atoms with Crippen LogP contribution < -0.4 is 10.1 Å². The van der Waals surface area contributed by atoms with Crippen molar-refractivity contribution in [1.29, 1.82) is 0 Å². The maximum atomic E-state index is 13.4. The van der Waals surface area contributed by atoms with Crippen molar-refractivity contribution in [3.63, 3.8) is 0 Å². The third-order valence-corrected chi connectivity index (χ3v) is 10.6. The van der Waals surface area contributed by atoms with E-state index < -0.39 is 10.0 Å². The molecule has 0 spiro atoms. The van der Waals surface area contributed by atoms with Gasteiger partial charge < -0.3 is 9.47 Å². The minimum atomic E-state index is -3.53. The SMILES string of the molecule is O=C(Nc1nc2ccc(S(=O)(=O)N3CCCC3)cc2s1)c1cc2ccsc2cc1OCCN1CCOCC1. The number of fused-ring (bicyclic) bond motifs is 2. The van der Waals surface area contributed by atoms with E-state index in [2.05, 4.69) is 15.2 Å². The number of thiazole rings is 1. The lowest BCUT2D eigenvalue weighted by Gasteiger charge is -2.26. The normalized spacial score (nSPS) is 17.4. The first-order valence-corrected chi connectivity index (χ1v) is 15.8. The van der Waals surface area contributed by atoms with Gasteiger partial charge in [0.1, 0.15) is 12.4 Å². The van der Waals surface area contributed by atoms with Crippen LogP contribution in [0.3, 0.4) is 0 Å². The number of aromatic nitrogens is 1. The first kappa shape index (κ1) is 25.7. The third kappa shape index (κ3) is 5.29. The molecule has 0 saturated carbocycles. The number of hydrogen-bond donors (Lipinski definition) is 1. The number of carbonyl (C=O) groups excluding carboxylic acids is 1. The Labute approximate surface area is 229 Å². The molecule has 4 heterocycles. The summed E-state index contributed by atoms with van der Waals surface area (Å²) >= 11 is 2.86. The first-order valence-electron chi connectivity index (χ1n) is 12.6. The summed E-state index contributed by atoms with van der Waals surface area (Å²) in [6, 6.07) is 10.7. The minimum absolute atomic E-state index is 0.257. The highest BCUT2D eigenvalue weighted by molar-refractivity contribution is 7.89. The molecule has 200 valence electrons. The minimum Gasteiger partial charge on any atom is -0.491 e. The summed E-state index contributed by atoms with van der Waals surface area (Å²) in [5.74, 6) is 0.217. The molecule has 2 aromatic carbocycles. The first-order chi connectivity index (χ1) is 18.5. The van der Waals surface area contributed by atoms with E-state index in [1.165, 1.54) is 15.6 Å². The highest BCUT2D eigenvalue weighted by atomic mass is 32.2. The van der Waals surface area contributed by atoms with Crippen LogP contribution in [0.4, 0.5) is 5.13 Å². The number of nitrogens with one attached hydrogen (secondary N) is 1. The second-order valence-electron chi connectivity index (χ2n) is 9.32. The van der Waals surface area contributed by atoms with Crippen LogP contribution in [0.2, 0.25) is 0 Å². The highest BCUT2D eigenvalue weighted by Gasteiger charge is 2.27. The van der Waals surface area contributed by atoms with Crippen molar-refractivity contribution in [2.75, 3.05) is 57.9 Å². The number of morpholine rings is 1. The van der Waals surface area contributed by atoms with Gasteiger partial charge in [-0.05, 0) is 60.0 Å². The van der Waals surface area contributed by atoms with Crippen molar-refractivity contribution < 1.29 is 22.7 Å². The molecule has 12 heteroatoms. The number of ether oxygens (including phenoxy) is 2. The number of anilines is 1. The standard InChI is InChI=1S/C26H28N4O5S3/c31-25(20-15-18-5-14-36-23(18)17-22(20)35-13-10-29-8-11-34-12-9-29)28-26-27-21-4-3-19(16-24(21)37-26)38(32,33)30-6-1-2-7-30/h3-5,14-17H,1-2,6-13H2,(H,27,28,31). The van der Waals surface area contributed by atoms with E-state index in [9.17, 15) is 13.2 Å². The van der Waals surface area contributed by atoms with Gasteiger partial charge in [-0.25, -0.2) is 13.4 Å². The predicted octanol–water partition coefficient (Wildman–Crippen LogP) is 4.26. The number of amides is 1. The molecule has 38 heavy (non-hydrogen) atoms. The Kier molecular flexibility index (Phi) is 7.34. The molecule has 2 aliphatic heterocycles. The van der Waals surface area contributed by atoms with Gasteiger partial charge in [-0.2, -0.15) is 4.31 Å². The van der Waals surface area contributed by atoms with Gasteiger partial charge in [0, 0.05) is 37.4 Å². The van der Waals surface area contributed by atoms with Crippen LogP contribution in [0.15, 0.2) is 46.7 Å². The van der Waals surface area contributed by atoms with Crippen LogP contribution in [0.25, 0.3) is 20.3 Å². The zero-order valence-electron chi connectivity index (χ0n) is 20.7. The molecule has 0 unspecified atom stereocenters. The van der Waals surface area contributed by atoms with Crippen molar-refractivity contribution in [1.82, 2.24) is 14.2 Å². The topological polar surface area (TPSA) is 101 Å². The molecule has 0 aliphatic carbocycles. The van der Waals surface area contributed by atoms with Crippen molar-refractivity contribution in [2.24, 2.45) is 0 Å². The molecular weight excluding hydrogens is 545 g/mol. The van der Waals surface area contributed by atoms with Gasteiger partial charge in [-0.15, -0.1) is 11.3 Å². The Morgan fingerprint density at radius 3 is 2.68 bits per heavy atom. The molecule has 0 atom stereocenters. The Morgan fingerprint density at radius 1 is 1.05 bits per heavy atom. The van der Waals surface area contributed by atoms with Gasteiger partial charge >= 0.3 is 0 Å². The van der Waals surface area contributed by atoms with E-state index in [0.717, 1.165) is 55.8 Å². The van der Waals surface area contributed by atoms with Crippen molar-refractivity contribution in [3.05, 3.63) is 47.3 Å². The van der Waals surface area contributed by atoms with Crippen molar-refractivity contribution in [2.45, 2.75) is 17.7 Å². The number of nitrogens with zero attached hydrogens (tertiary/aromatic N) is 3. The molecular formula is C26H28N4O5S3. The van der Waals surface area contributed by atoms with Gasteiger partial charge in [0.25, 0.3) is 5.91 Å². The molecule has 2 fully saturated rings. The molecule has 6 rings (SSSR count). The van der Waals surface area contributed by atoms with E-state index in [1.54, 1.807) is 29.5 Å². The maximum Gasteiger partial charge on any atom is 0.261 e. The predicted molar refractivity (Wildman–Crippen MR) is 150 cm³/mol. The smallest absolute Gasteiger partial charge is 0.261 e. The number of carbonyl (C=O) groups is 1. The zero-order chi connectivity index (χ0) is 26.1. The van der Waals surface area contributed by atoms with Crippen LogP contribution in [0, 0.1) is 0 Å². The largest absolute Gasteiger partial charge is 0.491 e. The second kappa shape index (κ2) is 10.9. The Morgan fingerprint density at radius 2 is 1.87 bits per heavy atom. The van der Waals surface area contributed by atoms with E-state index in [4.69, 9.17) is 9.47 Å². The van der Waals surface area contributed by atoms with E-state index >= 15 is 0 Å². The highest BCUT2D eigenvalue weighted by Crippen LogP contribution is 2.33. The van der Waals surface area contributed by atoms with Crippen LogP contribution >= 0.6 is 22.7 Å². The van der Waals surface area contributed by atoms with Gasteiger partial charge in [0.05, 0.1) is 33.9 Å². The summed E-state index contributed by atoms with van der Waals surface area (Å²) in [7, 11) is -3.53. The fourth-order valence-electron chi connectivity index (χ4n) is 4.76. The average molecular weight is 573 g/mol. The number of benzene rings is 2. The molecule has 0 radical (unpaired) electrons. The fourth-order valence-corrected chi connectivity index (χ4v) is 8.08. The lowest BCUT2D eigenvalue weighted by Crippen LogP contribution is -2.38. The van der Waals surface area contributed by atoms with Gasteiger partial charge in [0.2, 0.25) is 10.0 Å². The number of hydrogen-bond acceptors (Lipinski definition) is 9. The second-order valence-corrected chi connectivity index (χ2v) is 13.2. The van der Waals surface area contributed by atoms with E-state index in [1.807, 2.05) is 23.6 Å². The molecule has 9 nitrogen and oxygen atoms in total. The quantitative estimate of drug-likeness (QED) is 0.337. The van der Waals surface area contributed by atoms with Gasteiger partial charge in [-0.3, -0.25) is 15.0 Å². The summed E-state index contributed by atoms with van der Waals surface area (Å²) < 4.78 is 40.8. The van der Waals surface area contributed by atoms with Crippen LogP contribution in [0.1, 0.15) is 23.2 Å². The van der Waals surface area contributed by atoms with Gasteiger partial charge in [0.15, 0.2) is 5.13 Å². The van der Waals surface area contributed by atoms with Crippen molar-refractivity contribution >= 4 is 64.0 Å². The molecule has 2 aromatic heterocycles. The Balaban J connectivity index is 1.21.